The highest BCUT2D eigenvalue weighted by Gasteiger charge is 2.16. The zero-order valence-electron chi connectivity index (χ0n) is 11.7. The Morgan fingerprint density at radius 1 is 1.05 bits per heavy atom. The molecular formula is C16H16F3NO. The Balaban J connectivity index is 2.31. The van der Waals surface area contributed by atoms with Crippen molar-refractivity contribution in [1.29, 1.82) is 0 Å². The fourth-order valence-corrected chi connectivity index (χ4v) is 2.23. The molecule has 5 heteroatoms. The number of halogens is 3. The lowest BCUT2D eigenvalue weighted by atomic mass is 9.97. The second-order valence-corrected chi connectivity index (χ2v) is 4.69. The topological polar surface area (TPSA) is 21.3 Å². The number of aryl methyl sites for hydroxylation is 1. The van der Waals surface area contributed by atoms with Crippen LogP contribution in [0.25, 0.3) is 0 Å². The second kappa shape index (κ2) is 6.63. The summed E-state index contributed by atoms with van der Waals surface area (Å²) in [6, 6.07) is 10.7. The van der Waals surface area contributed by atoms with Crippen molar-refractivity contribution in [3.63, 3.8) is 0 Å². The van der Waals surface area contributed by atoms with Crippen LogP contribution >= 0.6 is 0 Å². The van der Waals surface area contributed by atoms with Gasteiger partial charge >= 0.3 is 6.61 Å². The monoisotopic (exact) mass is 295 g/mol. The van der Waals surface area contributed by atoms with Crippen molar-refractivity contribution in [2.24, 2.45) is 0 Å². The van der Waals surface area contributed by atoms with Crippen LogP contribution in [-0.4, -0.2) is 13.7 Å². The molecule has 2 aromatic rings. The van der Waals surface area contributed by atoms with Crippen molar-refractivity contribution >= 4 is 0 Å². The molecule has 112 valence electrons. The first kappa shape index (κ1) is 15.4. The van der Waals surface area contributed by atoms with E-state index in [4.69, 9.17) is 0 Å². The number of hydrogen-bond donors (Lipinski definition) is 1. The van der Waals surface area contributed by atoms with E-state index < -0.39 is 6.61 Å². The van der Waals surface area contributed by atoms with Crippen LogP contribution in [0.15, 0.2) is 42.5 Å². The number of nitrogens with one attached hydrogen (secondary N) is 1. The van der Waals surface area contributed by atoms with Crippen molar-refractivity contribution < 1.29 is 17.9 Å². The molecule has 0 aliphatic heterocycles. The molecular weight excluding hydrogens is 279 g/mol. The van der Waals surface area contributed by atoms with Crippen molar-refractivity contribution in [2.75, 3.05) is 7.05 Å². The summed E-state index contributed by atoms with van der Waals surface area (Å²) < 4.78 is 42.5. The minimum Gasteiger partial charge on any atom is -0.435 e. The number of alkyl halides is 2. The van der Waals surface area contributed by atoms with Gasteiger partial charge in [-0.15, -0.1) is 0 Å². The molecule has 2 rings (SSSR count). The van der Waals surface area contributed by atoms with E-state index in [1.165, 1.54) is 18.2 Å². The van der Waals surface area contributed by atoms with E-state index in [0.717, 1.165) is 11.1 Å². The molecule has 1 unspecified atom stereocenters. The summed E-state index contributed by atoms with van der Waals surface area (Å²) in [6.45, 7) is -0.972. The summed E-state index contributed by atoms with van der Waals surface area (Å²) in [5.74, 6) is -0.235. The minimum absolute atomic E-state index is 0.0771. The molecule has 0 bridgehead atoms. The molecule has 0 radical (unpaired) electrons. The SMILES string of the molecule is CNC(c1ccc(OC(F)F)cc1)c1cc(C)ccc1F. The van der Waals surface area contributed by atoms with Gasteiger partial charge in [-0.25, -0.2) is 4.39 Å². The maximum atomic E-state index is 14.0. The first-order valence-corrected chi connectivity index (χ1v) is 6.49. The van der Waals surface area contributed by atoms with Crippen LogP contribution in [-0.2, 0) is 0 Å². The molecule has 0 aliphatic rings. The Bertz CT molecular complexity index is 599. The highest BCUT2D eigenvalue weighted by molar-refractivity contribution is 5.37. The Kier molecular flexibility index (Phi) is 4.85. The van der Waals surface area contributed by atoms with E-state index in [2.05, 4.69) is 10.1 Å². The molecule has 1 atom stereocenters. The average molecular weight is 295 g/mol. The van der Waals surface area contributed by atoms with E-state index in [0.29, 0.717) is 5.56 Å². The molecule has 2 nitrogen and oxygen atoms in total. The molecule has 1 N–H and O–H groups in total. The number of benzene rings is 2. The number of ether oxygens (including phenoxy) is 1. The van der Waals surface area contributed by atoms with E-state index in [1.807, 2.05) is 6.92 Å². The largest absolute Gasteiger partial charge is 0.435 e. The Morgan fingerprint density at radius 3 is 2.29 bits per heavy atom. The highest BCUT2D eigenvalue weighted by atomic mass is 19.3. The van der Waals surface area contributed by atoms with Crippen molar-refractivity contribution in [2.45, 2.75) is 19.6 Å². The summed E-state index contributed by atoms with van der Waals surface area (Å²) in [5.41, 5.74) is 2.23. The van der Waals surface area contributed by atoms with E-state index >= 15 is 0 Å². The average Bonchev–Trinajstić information content (AvgIpc) is 2.44. The first-order valence-electron chi connectivity index (χ1n) is 6.49. The molecule has 0 heterocycles. The molecule has 2 aromatic carbocycles. The van der Waals surface area contributed by atoms with Crippen LogP contribution in [0.1, 0.15) is 22.7 Å². The van der Waals surface area contributed by atoms with Gasteiger partial charge in [0.1, 0.15) is 11.6 Å². The summed E-state index contributed by atoms with van der Waals surface area (Å²) in [6.07, 6.45) is 0. The standard InChI is InChI=1S/C16H16F3NO/c1-10-3-8-14(17)13(9-10)15(20-2)11-4-6-12(7-5-11)21-16(18)19/h3-9,15-16,20H,1-2H3. The predicted octanol–water partition coefficient (Wildman–Crippen LogP) is 4.04. The molecule has 0 spiro atoms. The summed E-state index contributed by atoms with van der Waals surface area (Å²) in [4.78, 5) is 0. The highest BCUT2D eigenvalue weighted by Crippen LogP contribution is 2.27. The lowest BCUT2D eigenvalue weighted by Gasteiger charge is -2.19. The molecule has 0 saturated carbocycles. The zero-order valence-corrected chi connectivity index (χ0v) is 11.7. The summed E-state index contributed by atoms with van der Waals surface area (Å²) in [7, 11) is 1.72. The fourth-order valence-electron chi connectivity index (χ4n) is 2.23. The van der Waals surface area contributed by atoms with Gasteiger partial charge in [-0.05, 0) is 37.7 Å². The summed E-state index contributed by atoms with van der Waals surface area (Å²) >= 11 is 0. The second-order valence-electron chi connectivity index (χ2n) is 4.69. The lowest BCUT2D eigenvalue weighted by Crippen LogP contribution is -2.19. The molecule has 0 fully saturated rings. The van der Waals surface area contributed by atoms with Crippen LogP contribution in [0.5, 0.6) is 5.75 Å². The van der Waals surface area contributed by atoms with Crippen molar-refractivity contribution in [1.82, 2.24) is 5.32 Å². The maximum absolute atomic E-state index is 14.0. The normalized spacial score (nSPS) is 12.5. The molecule has 21 heavy (non-hydrogen) atoms. The van der Waals surface area contributed by atoms with Gasteiger partial charge in [0.15, 0.2) is 0 Å². The fraction of sp³-hybridized carbons (Fsp3) is 0.250. The smallest absolute Gasteiger partial charge is 0.387 e. The van der Waals surface area contributed by atoms with Crippen LogP contribution < -0.4 is 10.1 Å². The number of hydrogen-bond acceptors (Lipinski definition) is 2. The third kappa shape index (κ3) is 3.76. The zero-order chi connectivity index (χ0) is 15.4. The number of rotatable bonds is 5. The van der Waals surface area contributed by atoms with E-state index in [9.17, 15) is 13.2 Å². The molecule has 0 amide bonds. The molecule has 0 saturated heterocycles. The van der Waals surface area contributed by atoms with Gasteiger partial charge in [0, 0.05) is 5.56 Å². The third-order valence-electron chi connectivity index (χ3n) is 3.19. The molecule has 0 aromatic heterocycles. The predicted molar refractivity (Wildman–Crippen MR) is 75.1 cm³/mol. The van der Waals surface area contributed by atoms with Crippen LogP contribution in [0.2, 0.25) is 0 Å². The van der Waals surface area contributed by atoms with Gasteiger partial charge in [-0.3, -0.25) is 0 Å². The summed E-state index contributed by atoms with van der Waals surface area (Å²) in [5, 5.41) is 3.03. The molecule has 0 aliphatic carbocycles. The van der Waals surface area contributed by atoms with Gasteiger partial charge in [0.2, 0.25) is 0 Å². The third-order valence-corrected chi connectivity index (χ3v) is 3.19. The van der Waals surface area contributed by atoms with E-state index in [1.54, 1.807) is 31.3 Å². The van der Waals surface area contributed by atoms with Crippen LogP contribution in [0.3, 0.4) is 0 Å². The maximum Gasteiger partial charge on any atom is 0.387 e. The Labute approximate surface area is 121 Å². The van der Waals surface area contributed by atoms with Gasteiger partial charge in [0.25, 0.3) is 0 Å². The van der Waals surface area contributed by atoms with Crippen LogP contribution in [0, 0.1) is 12.7 Å². The van der Waals surface area contributed by atoms with Crippen LogP contribution in [0.4, 0.5) is 13.2 Å². The Hall–Kier alpha value is -2.01. The van der Waals surface area contributed by atoms with Gasteiger partial charge < -0.3 is 10.1 Å². The van der Waals surface area contributed by atoms with Gasteiger partial charge in [-0.2, -0.15) is 8.78 Å². The van der Waals surface area contributed by atoms with Crippen molar-refractivity contribution in [3.8, 4) is 5.75 Å². The quantitative estimate of drug-likeness (QED) is 0.898. The first-order chi connectivity index (χ1) is 10.0. The lowest BCUT2D eigenvalue weighted by molar-refractivity contribution is -0.0498. The van der Waals surface area contributed by atoms with Gasteiger partial charge in [0.05, 0.1) is 6.04 Å². The Morgan fingerprint density at radius 2 is 1.71 bits per heavy atom. The van der Waals surface area contributed by atoms with Gasteiger partial charge in [-0.1, -0.05) is 29.8 Å². The van der Waals surface area contributed by atoms with Crippen molar-refractivity contribution in [3.05, 3.63) is 65.0 Å². The van der Waals surface area contributed by atoms with E-state index in [-0.39, 0.29) is 17.6 Å². The minimum atomic E-state index is -2.86.